The van der Waals surface area contributed by atoms with Crippen molar-refractivity contribution < 1.29 is 28.6 Å². The van der Waals surface area contributed by atoms with Crippen molar-refractivity contribution in [2.75, 3.05) is 20.8 Å². The molecule has 0 saturated carbocycles. The highest BCUT2D eigenvalue weighted by atomic mass is 16.5. The second-order valence-corrected chi connectivity index (χ2v) is 5.40. The molecule has 0 atom stereocenters. The predicted octanol–water partition coefficient (Wildman–Crippen LogP) is 3.73. The van der Waals surface area contributed by atoms with Gasteiger partial charge in [-0.2, -0.15) is 0 Å². The highest BCUT2D eigenvalue weighted by molar-refractivity contribution is 5.94. The van der Waals surface area contributed by atoms with Crippen LogP contribution in [0.5, 0.6) is 0 Å². The third-order valence-corrected chi connectivity index (χ3v) is 3.28. The monoisotopic (exact) mass is 388 g/mol. The van der Waals surface area contributed by atoms with Crippen LogP contribution in [0.15, 0.2) is 60.7 Å². The molecule has 0 heterocycles. The molecule has 0 amide bonds. The van der Waals surface area contributed by atoms with E-state index in [1.165, 1.54) is 21.1 Å². The van der Waals surface area contributed by atoms with Crippen molar-refractivity contribution in [2.45, 2.75) is 20.3 Å². The Morgan fingerprint density at radius 3 is 2.07 bits per heavy atom. The Kier molecular flexibility index (Phi) is 14.2. The number of carbonyl (C=O) groups is 3. The van der Waals surface area contributed by atoms with Gasteiger partial charge < -0.3 is 14.2 Å². The summed E-state index contributed by atoms with van der Waals surface area (Å²) in [6, 6.07) is 9.87. The number of carbonyl (C=O) groups excluding carboxylic acids is 3. The van der Waals surface area contributed by atoms with E-state index in [1.807, 2.05) is 61.6 Å². The smallest absolute Gasteiger partial charge is 0.320 e. The van der Waals surface area contributed by atoms with E-state index in [4.69, 9.17) is 4.74 Å². The lowest BCUT2D eigenvalue weighted by Crippen LogP contribution is -2.25. The van der Waals surface area contributed by atoms with Crippen LogP contribution in [0.3, 0.4) is 0 Å². The van der Waals surface area contributed by atoms with Gasteiger partial charge >= 0.3 is 17.9 Å². The normalized spacial score (nSPS) is 10.8. The van der Waals surface area contributed by atoms with Crippen molar-refractivity contribution in [1.82, 2.24) is 0 Å². The zero-order valence-corrected chi connectivity index (χ0v) is 16.8. The van der Waals surface area contributed by atoms with Gasteiger partial charge in [-0.05, 0) is 25.0 Å². The Morgan fingerprint density at radius 2 is 1.57 bits per heavy atom. The second-order valence-electron chi connectivity index (χ2n) is 5.40. The number of methoxy groups -OCH3 is 2. The van der Waals surface area contributed by atoms with E-state index < -0.39 is 17.9 Å². The van der Waals surface area contributed by atoms with Gasteiger partial charge in [0.15, 0.2) is 5.92 Å². The highest BCUT2D eigenvalue weighted by Crippen LogP contribution is 2.08. The lowest BCUT2D eigenvalue weighted by atomic mass is 10.1. The SMILES string of the molecule is C/C=C/C=C/CC(C(=O)OC)C(=O)OC.CC(=O)OC/C=C/c1ccccc1. The predicted molar refractivity (Wildman–Crippen MR) is 108 cm³/mol. The van der Waals surface area contributed by atoms with E-state index in [9.17, 15) is 14.4 Å². The van der Waals surface area contributed by atoms with Crippen LogP contribution in [-0.4, -0.2) is 38.7 Å². The molecule has 0 radical (unpaired) electrons. The Balaban J connectivity index is 0.000000525. The quantitative estimate of drug-likeness (QED) is 0.292. The fraction of sp³-hybridized carbons (Fsp3) is 0.318. The topological polar surface area (TPSA) is 78.9 Å². The van der Waals surface area contributed by atoms with Gasteiger partial charge in [0, 0.05) is 6.92 Å². The second kappa shape index (κ2) is 16.1. The number of allylic oxidation sites excluding steroid dienone is 4. The molecule has 28 heavy (non-hydrogen) atoms. The molecular weight excluding hydrogens is 360 g/mol. The van der Waals surface area contributed by atoms with Crippen molar-refractivity contribution in [1.29, 1.82) is 0 Å². The van der Waals surface area contributed by atoms with E-state index in [2.05, 4.69) is 9.47 Å². The van der Waals surface area contributed by atoms with Crippen LogP contribution in [0.4, 0.5) is 0 Å². The van der Waals surface area contributed by atoms with E-state index in [1.54, 1.807) is 12.2 Å². The maximum absolute atomic E-state index is 11.2. The molecule has 6 nitrogen and oxygen atoms in total. The first-order valence-corrected chi connectivity index (χ1v) is 8.74. The first-order chi connectivity index (χ1) is 13.5. The zero-order valence-electron chi connectivity index (χ0n) is 16.8. The van der Waals surface area contributed by atoms with Crippen molar-refractivity contribution in [2.24, 2.45) is 5.92 Å². The third-order valence-electron chi connectivity index (χ3n) is 3.28. The number of benzene rings is 1. The summed E-state index contributed by atoms with van der Waals surface area (Å²) in [4.78, 5) is 32.8. The van der Waals surface area contributed by atoms with Gasteiger partial charge in [-0.15, -0.1) is 0 Å². The van der Waals surface area contributed by atoms with Gasteiger partial charge in [0.1, 0.15) is 6.61 Å². The van der Waals surface area contributed by atoms with Crippen molar-refractivity contribution >= 4 is 24.0 Å². The van der Waals surface area contributed by atoms with Crippen molar-refractivity contribution in [3.8, 4) is 0 Å². The standard InChI is InChI=1S/C11H16O4.C11H12O2/c1-4-5-6-7-8-9(10(12)14-2)11(13)15-3;1-10(12)13-9-5-8-11-6-3-2-4-7-11/h4-7,9H,8H2,1-3H3;2-8H,9H2,1H3/b5-4+,7-6+;8-5+. The summed E-state index contributed by atoms with van der Waals surface area (Å²) in [7, 11) is 2.49. The number of esters is 3. The summed E-state index contributed by atoms with van der Waals surface area (Å²) in [6.07, 6.45) is 11.2. The van der Waals surface area contributed by atoms with Crippen LogP contribution in [0.25, 0.3) is 6.08 Å². The van der Waals surface area contributed by atoms with Crippen molar-refractivity contribution in [3.05, 3.63) is 66.3 Å². The molecule has 0 bridgehead atoms. The summed E-state index contributed by atoms with van der Waals surface area (Å²) in [5.41, 5.74) is 1.11. The summed E-state index contributed by atoms with van der Waals surface area (Å²) >= 11 is 0. The Hall–Kier alpha value is -3.15. The maximum atomic E-state index is 11.2. The molecule has 0 spiro atoms. The van der Waals surface area contributed by atoms with Crippen LogP contribution < -0.4 is 0 Å². The number of hydrogen-bond acceptors (Lipinski definition) is 6. The molecule has 6 heteroatoms. The minimum Gasteiger partial charge on any atom is -0.468 e. The Morgan fingerprint density at radius 1 is 0.964 bits per heavy atom. The average molecular weight is 388 g/mol. The molecule has 0 saturated heterocycles. The fourth-order valence-corrected chi connectivity index (χ4v) is 1.89. The van der Waals surface area contributed by atoms with E-state index in [0.29, 0.717) is 6.61 Å². The molecule has 0 fully saturated rings. The number of ether oxygens (including phenoxy) is 3. The summed E-state index contributed by atoms with van der Waals surface area (Å²) in [6.45, 7) is 3.61. The lowest BCUT2D eigenvalue weighted by Gasteiger charge is -2.09. The molecule has 1 aromatic rings. The van der Waals surface area contributed by atoms with Crippen LogP contribution in [0, 0.1) is 5.92 Å². The summed E-state index contributed by atoms with van der Waals surface area (Å²) in [5.74, 6) is -2.28. The molecule has 0 aromatic heterocycles. The maximum Gasteiger partial charge on any atom is 0.320 e. The minimum atomic E-state index is -0.874. The van der Waals surface area contributed by atoms with Crippen molar-refractivity contribution in [3.63, 3.8) is 0 Å². The largest absolute Gasteiger partial charge is 0.468 e. The third kappa shape index (κ3) is 12.2. The number of hydrogen-bond donors (Lipinski definition) is 0. The van der Waals surface area contributed by atoms with Crippen LogP contribution in [0.2, 0.25) is 0 Å². The molecule has 152 valence electrons. The Labute approximate surface area is 166 Å². The highest BCUT2D eigenvalue weighted by Gasteiger charge is 2.26. The van der Waals surface area contributed by atoms with Gasteiger partial charge in [-0.25, -0.2) is 0 Å². The van der Waals surface area contributed by atoms with Crippen LogP contribution in [-0.2, 0) is 28.6 Å². The molecule has 0 unspecified atom stereocenters. The lowest BCUT2D eigenvalue weighted by molar-refractivity contribution is -0.158. The fourth-order valence-electron chi connectivity index (χ4n) is 1.89. The van der Waals surface area contributed by atoms with Gasteiger partial charge in [-0.3, -0.25) is 14.4 Å². The summed E-state index contributed by atoms with van der Waals surface area (Å²) < 4.78 is 13.7. The Bertz CT molecular complexity index is 658. The van der Waals surface area contributed by atoms with E-state index in [0.717, 1.165) is 5.56 Å². The van der Waals surface area contributed by atoms with Gasteiger partial charge in [-0.1, -0.05) is 60.7 Å². The molecule has 1 rings (SSSR count). The average Bonchev–Trinajstić information content (AvgIpc) is 2.71. The summed E-state index contributed by atoms with van der Waals surface area (Å²) in [5, 5.41) is 0. The molecule has 0 aliphatic carbocycles. The minimum absolute atomic E-state index is 0.252. The first kappa shape index (κ1) is 24.8. The zero-order chi connectivity index (χ0) is 21.2. The molecular formula is C22H28O6. The first-order valence-electron chi connectivity index (χ1n) is 8.74. The molecule has 0 aliphatic heterocycles. The van der Waals surface area contributed by atoms with Gasteiger partial charge in [0.2, 0.25) is 0 Å². The van der Waals surface area contributed by atoms with Gasteiger partial charge in [0.05, 0.1) is 14.2 Å². The molecule has 0 N–H and O–H groups in total. The molecule has 0 aliphatic rings. The number of rotatable bonds is 8. The van der Waals surface area contributed by atoms with Gasteiger partial charge in [0.25, 0.3) is 0 Å². The van der Waals surface area contributed by atoms with E-state index >= 15 is 0 Å². The van der Waals surface area contributed by atoms with Crippen LogP contribution in [0.1, 0.15) is 25.8 Å². The van der Waals surface area contributed by atoms with Crippen LogP contribution >= 0.6 is 0 Å². The van der Waals surface area contributed by atoms with E-state index in [-0.39, 0.29) is 12.4 Å². The molecule has 1 aromatic carbocycles.